The number of unbranched alkanes of at least 4 members (excludes halogenated alkanes) is 3. The molecule has 0 aromatic heterocycles. The van der Waals surface area contributed by atoms with Gasteiger partial charge in [0.15, 0.2) is 0 Å². The van der Waals surface area contributed by atoms with Crippen molar-refractivity contribution in [3.63, 3.8) is 0 Å². The third kappa shape index (κ3) is 11.6. The highest BCUT2D eigenvalue weighted by molar-refractivity contribution is 5.81. The lowest BCUT2D eigenvalue weighted by molar-refractivity contribution is -0.120. The summed E-state index contributed by atoms with van der Waals surface area (Å²) in [6.45, 7) is 2.28. The van der Waals surface area contributed by atoms with E-state index in [9.17, 15) is 9.59 Å². The van der Waals surface area contributed by atoms with E-state index < -0.39 is 0 Å². The maximum absolute atomic E-state index is 11.4. The van der Waals surface area contributed by atoms with E-state index in [4.69, 9.17) is 5.11 Å². The molecule has 0 amide bonds. The van der Waals surface area contributed by atoms with Crippen LogP contribution < -0.4 is 0 Å². The molecule has 3 nitrogen and oxygen atoms in total. The molecule has 0 spiro atoms. The second-order valence-electron chi connectivity index (χ2n) is 4.57. The largest absolute Gasteiger partial charge is 0.396 e. The minimum absolute atomic E-state index is 0.208. The van der Waals surface area contributed by atoms with Gasteiger partial charge in [-0.25, -0.2) is 0 Å². The number of carbonyl (C=O) groups is 2. The summed E-state index contributed by atoms with van der Waals surface area (Å²) in [5.41, 5.74) is 0. The fraction of sp³-hybridized carbons (Fsp3) is 0.857. The van der Waals surface area contributed by atoms with Gasteiger partial charge in [0.2, 0.25) is 0 Å². The van der Waals surface area contributed by atoms with Crippen molar-refractivity contribution in [1.82, 2.24) is 0 Å². The molecule has 0 saturated heterocycles. The van der Waals surface area contributed by atoms with Crippen LogP contribution in [0.15, 0.2) is 0 Å². The van der Waals surface area contributed by atoms with Gasteiger partial charge in [-0.05, 0) is 25.7 Å². The van der Waals surface area contributed by atoms with Crippen molar-refractivity contribution in [1.29, 1.82) is 0 Å². The van der Waals surface area contributed by atoms with Gasteiger partial charge in [-0.15, -0.1) is 0 Å². The van der Waals surface area contributed by atoms with E-state index in [0.29, 0.717) is 37.9 Å². The molecule has 0 bridgehead atoms. The highest BCUT2D eigenvalue weighted by Gasteiger charge is 2.05. The van der Waals surface area contributed by atoms with Crippen LogP contribution in [0.5, 0.6) is 0 Å². The fourth-order valence-electron chi connectivity index (χ4n) is 1.72. The summed E-state index contributed by atoms with van der Waals surface area (Å²) >= 11 is 0. The average molecular weight is 242 g/mol. The van der Waals surface area contributed by atoms with E-state index in [2.05, 4.69) is 6.92 Å². The predicted molar refractivity (Wildman–Crippen MR) is 68.9 cm³/mol. The normalized spacial score (nSPS) is 10.5. The molecule has 0 saturated carbocycles. The van der Waals surface area contributed by atoms with E-state index in [1.54, 1.807) is 0 Å². The topological polar surface area (TPSA) is 54.4 Å². The molecule has 0 fully saturated rings. The molecule has 0 aromatic carbocycles. The lowest BCUT2D eigenvalue weighted by atomic mass is 10.0. The smallest absolute Gasteiger partial charge is 0.132 e. The van der Waals surface area contributed by atoms with Crippen LogP contribution in [0.3, 0.4) is 0 Å². The Labute approximate surface area is 105 Å². The van der Waals surface area contributed by atoms with Crippen molar-refractivity contribution < 1.29 is 14.7 Å². The van der Waals surface area contributed by atoms with E-state index in [0.717, 1.165) is 32.1 Å². The summed E-state index contributed by atoms with van der Waals surface area (Å²) in [6.07, 6.45) is 7.65. The van der Waals surface area contributed by atoms with Gasteiger partial charge in [0, 0.05) is 32.3 Å². The lowest BCUT2D eigenvalue weighted by Gasteiger charge is -2.01. The Morgan fingerprint density at radius 1 is 0.765 bits per heavy atom. The van der Waals surface area contributed by atoms with Crippen LogP contribution in [-0.2, 0) is 9.59 Å². The first-order valence-corrected chi connectivity index (χ1v) is 6.85. The summed E-state index contributed by atoms with van der Waals surface area (Å²) in [7, 11) is 0. The van der Waals surface area contributed by atoms with Crippen LogP contribution in [0.25, 0.3) is 0 Å². The highest BCUT2D eigenvalue weighted by atomic mass is 16.2. The van der Waals surface area contributed by atoms with Gasteiger partial charge in [0.25, 0.3) is 0 Å². The van der Waals surface area contributed by atoms with Gasteiger partial charge in [0.1, 0.15) is 11.6 Å². The third-order valence-electron chi connectivity index (χ3n) is 2.83. The molecular weight excluding hydrogens is 216 g/mol. The van der Waals surface area contributed by atoms with Crippen LogP contribution in [0.4, 0.5) is 0 Å². The molecular formula is C14H26O3. The Hall–Kier alpha value is -0.700. The first-order valence-electron chi connectivity index (χ1n) is 6.85. The second-order valence-corrected chi connectivity index (χ2v) is 4.57. The third-order valence-corrected chi connectivity index (χ3v) is 2.83. The number of Topliss-reactive ketones (excluding diaryl/α,β-unsaturated/α-hetero) is 2. The second kappa shape index (κ2) is 11.8. The SMILES string of the molecule is CCCCC(=O)CCCC(=O)CCCCCO. The summed E-state index contributed by atoms with van der Waals surface area (Å²) in [6, 6.07) is 0. The molecule has 0 aliphatic carbocycles. The molecule has 100 valence electrons. The maximum atomic E-state index is 11.4. The molecule has 0 heterocycles. The molecule has 1 N–H and O–H groups in total. The molecule has 0 rings (SSSR count). The number of carbonyl (C=O) groups excluding carboxylic acids is 2. The predicted octanol–water partition coefficient (Wildman–Crippen LogP) is 3.04. The van der Waals surface area contributed by atoms with E-state index in [-0.39, 0.29) is 12.4 Å². The fourth-order valence-corrected chi connectivity index (χ4v) is 1.72. The minimum atomic E-state index is 0.208. The highest BCUT2D eigenvalue weighted by Crippen LogP contribution is 2.07. The van der Waals surface area contributed by atoms with E-state index >= 15 is 0 Å². The molecule has 3 heteroatoms. The van der Waals surface area contributed by atoms with Crippen LogP contribution in [0, 0.1) is 0 Å². The first kappa shape index (κ1) is 16.3. The van der Waals surface area contributed by atoms with Crippen LogP contribution in [0.1, 0.15) is 71.1 Å². The molecule has 0 unspecified atom stereocenters. The summed E-state index contributed by atoms with van der Waals surface area (Å²) < 4.78 is 0. The quantitative estimate of drug-likeness (QED) is 0.535. The van der Waals surface area contributed by atoms with E-state index in [1.807, 2.05) is 0 Å². The number of aliphatic hydroxyl groups excluding tert-OH is 1. The van der Waals surface area contributed by atoms with Crippen molar-refractivity contribution in [2.45, 2.75) is 71.1 Å². The van der Waals surface area contributed by atoms with Crippen LogP contribution in [-0.4, -0.2) is 23.3 Å². The Morgan fingerprint density at radius 3 is 1.82 bits per heavy atom. The average Bonchev–Trinajstić information content (AvgIpc) is 2.32. The van der Waals surface area contributed by atoms with Gasteiger partial charge < -0.3 is 5.11 Å². The van der Waals surface area contributed by atoms with Crippen molar-refractivity contribution >= 4 is 11.6 Å². The zero-order valence-corrected chi connectivity index (χ0v) is 11.0. The van der Waals surface area contributed by atoms with Gasteiger partial charge in [-0.3, -0.25) is 9.59 Å². The number of ketones is 2. The summed E-state index contributed by atoms with van der Waals surface area (Å²) in [4.78, 5) is 22.8. The monoisotopic (exact) mass is 242 g/mol. The Morgan fingerprint density at radius 2 is 1.29 bits per heavy atom. The minimum Gasteiger partial charge on any atom is -0.396 e. The van der Waals surface area contributed by atoms with Crippen molar-refractivity contribution in [3.05, 3.63) is 0 Å². The van der Waals surface area contributed by atoms with Gasteiger partial charge in [-0.1, -0.05) is 19.8 Å². The number of hydrogen-bond donors (Lipinski definition) is 1. The summed E-state index contributed by atoms with van der Waals surface area (Å²) in [5, 5.41) is 8.58. The van der Waals surface area contributed by atoms with Crippen molar-refractivity contribution in [2.75, 3.05) is 6.61 Å². The first-order chi connectivity index (χ1) is 8.20. The zero-order chi connectivity index (χ0) is 12.9. The molecule has 0 atom stereocenters. The Balaban J connectivity index is 3.35. The Kier molecular flexibility index (Phi) is 11.3. The molecule has 0 aliphatic heterocycles. The maximum Gasteiger partial charge on any atom is 0.132 e. The van der Waals surface area contributed by atoms with Crippen LogP contribution in [0.2, 0.25) is 0 Å². The van der Waals surface area contributed by atoms with Crippen molar-refractivity contribution in [3.8, 4) is 0 Å². The van der Waals surface area contributed by atoms with Gasteiger partial charge in [-0.2, -0.15) is 0 Å². The number of hydrogen-bond acceptors (Lipinski definition) is 3. The molecule has 17 heavy (non-hydrogen) atoms. The standard InChI is InChI=1S/C14H26O3/c1-2-3-8-13(16)10-7-11-14(17)9-5-4-6-12-15/h15H,2-12H2,1H3. The molecule has 0 aromatic rings. The zero-order valence-electron chi connectivity index (χ0n) is 11.0. The molecule has 0 radical (unpaired) electrons. The van der Waals surface area contributed by atoms with Crippen LogP contribution >= 0.6 is 0 Å². The number of rotatable bonds is 12. The lowest BCUT2D eigenvalue weighted by Crippen LogP contribution is -2.02. The Bertz CT molecular complexity index is 212. The van der Waals surface area contributed by atoms with Gasteiger partial charge >= 0.3 is 0 Å². The molecule has 0 aliphatic rings. The number of aliphatic hydroxyl groups is 1. The summed E-state index contributed by atoms with van der Waals surface area (Å²) in [5.74, 6) is 0.547. The van der Waals surface area contributed by atoms with Gasteiger partial charge in [0.05, 0.1) is 0 Å². The van der Waals surface area contributed by atoms with E-state index in [1.165, 1.54) is 0 Å². The van der Waals surface area contributed by atoms with Crippen molar-refractivity contribution in [2.24, 2.45) is 0 Å².